The molecule has 0 fully saturated rings. The molecule has 0 heterocycles. The van der Waals surface area contributed by atoms with Gasteiger partial charge in [0.15, 0.2) is 11.5 Å². The summed E-state index contributed by atoms with van der Waals surface area (Å²) < 4.78 is 16.3. The van der Waals surface area contributed by atoms with Gasteiger partial charge in [-0.1, -0.05) is 37.3 Å². The number of methoxy groups -OCH3 is 3. The van der Waals surface area contributed by atoms with E-state index in [1.165, 1.54) is 27.4 Å². The average Bonchev–Trinajstić information content (AvgIpc) is 2.71. The van der Waals surface area contributed by atoms with Gasteiger partial charge in [-0.15, -0.1) is 0 Å². The lowest BCUT2D eigenvalue weighted by Gasteiger charge is -2.34. The van der Waals surface area contributed by atoms with E-state index in [4.69, 9.17) is 14.2 Å². The first-order valence-corrected chi connectivity index (χ1v) is 8.77. The van der Waals surface area contributed by atoms with Gasteiger partial charge in [0.1, 0.15) is 0 Å². The predicted octanol–water partition coefficient (Wildman–Crippen LogP) is 3.48. The molecule has 0 radical (unpaired) electrons. The Hall–Kier alpha value is -2.73. The summed E-state index contributed by atoms with van der Waals surface area (Å²) in [6.45, 7) is 2.07. The third-order valence-corrected chi connectivity index (χ3v) is 5.05. The fourth-order valence-electron chi connectivity index (χ4n) is 3.48. The normalized spacial score (nSPS) is 12.9. The molecule has 0 saturated heterocycles. The van der Waals surface area contributed by atoms with Gasteiger partial charge in [-0.2, -0.15) is 0 Å². The van der Waals surface area contributed by atoms with Gasteiger partial charge >= 0.3 is 5.97 Å². The number of likely N-dealkylation sites (N-methyl/N-ethyl adjacent to an activating group) is 1. The van der Waals surface area contributed by atoms with Crippen LogP contribution >= 0.6 is 0 Å². The van der Waals surface area contributed by atoms with E-state index in [1.54, 1.807) is 0 Å². The predicted molar refractivity (Wildman–Crippen MR) is 104 cm³/mol. The highest BCUT2D eigenvalue weighted by atomic mass is 16.5. The van der Waals surface area contributed by atoms with Gasteiger partial charge in [0, 0.05) is 11.1 Å². The van der Waals surface area contributed by atoms with E-state index in [9.17, 15) is 9.90 Å². The van der Waals surface area contributed by atoms with E-state index >= 15 is 0 Å². The molecule has 27 heavy (non-hydrogen) atoms. The van der Waals surface area contributed by atoms with Crippen LogP contribution < -0.4 is 19.5 Å². The number of hydrogen-bond acceptors (Lipinski definition) is 5. The third kappa shape index (κ3) is 3.85. The van der Waals surface area contributed by atoms with Crippen LogP contribution in [-0.2, 0) is 12.0 Å². The molecule has 0 unspecified atom stereocenters. The van der Waals surface area contributed by atoms with Crippen molar-refractivity contribution >= 4 is 5.97 Å². The van der Waals surface area contributed by atoms with Crippen LogP contribution in [0.5, 0.6) is 17.2 Å². The van der Waals surface area contributed by atoms with E-state index in [0.29, 0.717) is 29.2 Å². The Morgan fingerprint density at radius 1 is 1.07 bits per heavy atom. The molecule has 0 aliphatic heterocycles. The summed E-state index contributed by atoms with van der Waals surface area (Å²) in [4.78, 5) is 12.0. The summed E-state index contributed by atoms with van der Waals surface area (Å²) in [5.41, 5.74) is 1.30. The van der Waals surface area contributed by atoms with Crippen molar-refractivity contribution < 1.29 is 24.1 Å². The smallest absolute Gasteiger partial charge is 0.336 e. The highest BCUT2D eigenvalue weighted by Crippen LogP contribution is 2.44. The molecule has 0 aliphatic carbocycles. The Bertz CT molecular complexity index is 785. The topological polar surface area (TPSA) is 77.0 Å². The monoisotopic (exact) mass is 373 g/mol. The number of nitrogens with one attached hydrogen (secondary N) is 1. The van der Waals surface area contributed by atoms with E-state index in [-0.39, 0.29) is 5.56 Å². The first-order chi connectivity index (χ1) is 13.0. The summed E-state index contributed by atoms with van der Waals surface area (Å²) >= 11 is 0. The fraction of sp³-hybridized carbons (Fsp3) is 0.381. The molecule has 1 atom stereocenters. The molecule has 2 rings (SSSR count). The molecule has 6 heteroatoms. The summed E-state index contributed by atoms with van der Waals surface area (Å²) in [5.74, 6) is 0.0348. The number of carboxylic acids is 1. The van der Waals surface area contributed by atoms with Crippen molar-refractivity contribution in [3.05, 3.63) is 53.1 Å². The zero-order chi connectivity index (χ0) is 20.0. The molecular weight excluding hydrogens is 346 g/mol. The number of ether oxygens (including phenoxy) is 3. The van der Waals surface area contributed by atoms with Gasteiger partial charge in [0.2, 0.25) is 5.75 Å². The van der Waals surface area contributed by atoms with Gasteiger partial charge in [-0.3, -0.25) is 0 Å². The summed E-state index contributed by atoms with van der Waals surface area (Å²) in [7, 11) is 6.36. The largest absolute Gasteiger partial charge is 0.493 e. The summed E-state index contributed by atoms with van der Waals surface area (Å²) in [6, 6.07) is 11.5. The van der Waals surface area contributed by atoms with Crippen LogP contribution in [0.15, 0.2) is 36.4 Å². The Labute approximate surface area is 160 Å². The summed E-state index contributed by atoms with van der Waals surface area (Å²) in [5, 5.41) is 13.2. The molecule has 0 aromatic heterocycles. The molecule has 2 aromatic rings. The quantitative estimate of drug-likeness (QED) is 0.701. The van der Waals surface area contributed by atoms with Crippen molar-refractivity contribution in [2.45, 2.75) is 25.3 Å². The van der Waals surface area contributed by atoms with Gasteiger partial charge in [-0.05, 0) is 31.5 Å². The zero-order valence-electron chi connectivity index (χ0n) is 16.5. The van der Waals surface area contributed by atoms with Crippen LogP contribution in [0.3, 0.4) is 0 Å². The van der Waals surface area contributed by atoms with E-state index in [1.807, 2.05) is 37.4 Å². The SMILES string of the molecule is CC[C@](Cc1c(C(=O)O)cc(OC)c(OC)c1OC)(NC)c1ccccc1. The molecule has 146 valence electrons. The second-order valence-electron chi connectivity index (χ2n) is 6.21. The highest BCUT2D eigenvalue weighted by molar-refractivity contribution is 5.92. The number of benzene rings is 2. The number of carbonyl (C=O) groups is 1. The Morgan fingerprint density at radius 2 is 1.70 bits per heavy atom. The van der Waals surface area contributed by atoms with Crippen LogP contribution in [0.4, 0.5) is 0 Å². The standard InChI is InChI=1S/C21H27NO5/c1-6-21(22-2,14-10-8-7-9-11-14)13-16-15(20(23)24)12-17(25-3)19(27-5)18(16)26-4/h7-12,22H,6,13H2,1-5H3,(H,23,24)/t21-/m1/s1. The molecule has 2 aromatic carbocycles. The molecule has 0 aliphatic rings. The minimum atomic E-state index is -1.04. The van der Waals surface area contributed by atoms with Crippen molar-refractivity contribution in [2.75, 3.05) is 28.4 Å². The zero-order valence-corrected chi connectivity index (χ0v) is 16.5. The molecule has 0 saturated carbocycles. The fourth-order valence-corrected chi connectivity index (χ4v) is 3.48. The minimum Gasteiger partial charge on any atom is -0.493 e. The maximum absolute atomic E-state index is 12.0. The average molecular weight is 373 g/mol. The second-order valence-corrected chi connectivity index (χ2v) is 6.21. The van der Waals surface area contributed by atoms with Crippen LogP contribution in [0.25, 0.3) is 0 Å². The maximum atomic E-state index is 12.0. The first-order valence-electron chi connectivity index (χ1n) is 8.77. The molecule has 2 N–H and O–H groups in total. The van der Waals surface area contributed by atoms with Crippen LogP contribution in [0.2, 0.25) is 0 Å². The second kappa shape index (κ2) is 8.77. The third-order valence-electron chi connectivity index (χ3n) is 5.05. The highest BCUT2D eigenvalue weighted by Gasteiger charge is 2.34. The van der Waals surface area contributed by atoms with Crippen molar-refractivity contribution in [1.82, 2.24) is 5.32 Å². The Balaban J connectivity index is 2.73. The summed E-state index contributed by atoms with van der Waals surface area (Å²) in [6.07, 6.45) is 1.17. The van der Waals surface area contributed by atoms with Gasteiger partial charge in [0.05, 0.1) is 26.9 Å². The van der Waals surface area contributed by atoms with E-state index in [2.05, 4.69) is 12.2 Å². The number of hydrogen-bond donors (Lipinski definition) is 2. The Kier molecular flexibility index (Phi) is 6.69. The van der Waals surface area contributed by atoms with Gasteiger partial charge in [-0.25, -0.2) is 4.79 Å². The molecule has 0 spiro atoms. The maximum Gasteiger partial charge on any atom is 0.336 e. The lowest BCUT2D eigenvalue weighted by Crippen LogP contribution is -2.42. The van der Waals surface area contributed by atoms with Gasteiger partial charge < -0.3 is 24.6 Å². The number of aromatic carboxylic acids is 1. The molecule has 0 bridgehead atoms. The number of rotatable bonds is 9. The van der Waals surface area contributed by atoms with Crippen molar-refractivity contribution in [2.24, 2.45) is 0 Å². The van der Waals surface area contributed by atoms with Crippen LogP contribution in [-0.4, -0.2) is 39.5 Å². The van der Waals surface area contributed by atoms with Gasteiger partial charge in [0.25, 0.3) is 0 Å². The van der Waals surface area contributed by atoms with Crippen molar-refractivity contribution in [1.29, 1.82) is 0 Å². The lowest BCUT2D eigenvalue weighted by atomic mass is 9.80. The van der Waals surface area contributed by atoms with E-state index < -0.39 is 11.5 Å². The first kappa shape index (κ1) is 20.6. The van der Waals surface area contributed by atoms with Crippen molar-refractivity contribution in [3.8, 4) is 17.2 Å². The minimum absolute atomic E-state index is 0.133. The Morgan fingerprint density at radius 3 is 2.15 bits per heavy atom. The molecule has 0 amide bonds. The van der Waals surface area contributed by atoms with Crippen LogP contribution in [0.1, 0.15) is 34.8 Å². The van der Waals surface area contributed by atoms with Crippen LogP contribution in [0, 0.1) is 0 Å². The van der Waals surface area contributed by atoms with Crippen molar-refractivity contribution in [3.63, 3.8) is 0 Å². The number of carboxylic acid groups (broad SMARTS) is 1. The molecule has 6 nitrogen and oxygen atoms in total. The van der Waals surface area contributed by atoms with E-state index in [0.717, 1.165) is 12.0 Å². The molecular formula is C21H27NO5. The lowest BCUT2D eigenvalue weighted by molar-refractivity contribution is 0.0694.